The van der Waals surface area contributed by atoms with Gasteiger partial charge in [0.15, 0.2) is 17.5 Å². The molecule has 13 aromatic carbocycles. The Bertz CT molecular complexity index is 5110. The predicted octanol–water partition coefficient (Wildman–Crippen LogP) is 20.9. The molecule has 16 rings (SSSR count). The third kappa shape index (κ3) is 9.28. The summed E-state index contributed by atoms with van der Waals surface area (Å²) in [5, 5.41) is 14.8. The molecule has 0 saturated carbocycles. The molecule has 0 aliphatic carbocycles. The fraction of sp³-hybridized carbons (Fsp3) is 0. The zero-order valence-electron chi connectivity index (χ0n) is 47.7. The third-order valence-electron chi connectivity index (χ3n) is 17.0. The molecule has 0 atom stereocenters. The van der Waals surface area contributed by atoms with Gasteiger partial charge in [-0.15, -0.1) is 0 Å². The summed E-state index contributed by atoms with van der Waals surface area (Å²) in [6, 6.07) is 114. The average Bonchev–Trinajstić information content (AvgIpc) is 1.91. The Balaban J connectivity index is 0.998. The normalized spacial score (nSPS) is 11.4. The topological polar surface area (TPSA) is 72.3 Å². The molecule has 0 unspecified atom stereocenters. The summed E-state index contributed by atoms with van der Waals surface area (Å²) in [6.45, 7) is 0. The number of fused-ring (bicyclic) bond motifs is 6. The van der Waals surface area contributed by atoms with Gasteiger partial charge in [0.1, 0.15) is 0 Å². The van der Waals surface area contributed by atoms with Gasteiger partial charge in [-0.1, -0.05) is 231 Å². The molecule has 0 aliphatic heterocycles. The molecule has 16 aromatic rings. The number of nitrogens with zero attached hydrogens (tertiary/aromatic N) is 6. The van der Waals surface area contributed by atoms with Crippen LogP contribution in [0.4, 0.5) is 0 Å². The number of nitriles is 1. The Labute approximate surface area is 509 Å². The van der Waals surface area contributed by atoms with E-state index in [9.17, 15) is 5.26 Å². The maximum absolute atomic E-state index is 10.2. The lowest BCUT2D eigenvalue weighted by Gasteiger charge is -2.19. The van der Waals surface area contributed by atoms with E-state index in [0.717, 1.165) is 138 Å². The summed E-state index contributed by atoms with van der Waals surface area (Å²) in [5.74, 6) is 1.66. The van der Waals surface area contributed by atoms with Gasteiger partial charge < -0.3 is 9.13 Å². The first-order valence-electron chi connectivity index (χ1n) is 29.6. The number of aromatic nitrogens is 5. The molecule has 0 saturated heterocycles. The van der Waals surface area contributed by atoms with Gasteiger partial charge in [0.25, 0.3) is 0 Å². The van der Waals surface area contributed by atoms with Gasteiger partial charge in [-0.3, -0.25) is 0 Å². The Kier molecular flexibility index (Phi) is 12.8. The van der Waals surface area contributed by atoms with Crippen molar-refractivity contribution in [2.75, 3.05) is 0 Å². The first-order valence-corrected chi connectivity index (χ1v) is 29.6. The highest BCUT2D eigenvalue weighted by molar-refractivity contribution is 6.14. The third-order valence-corrected chi connectivity index (χ3v) is 17.0. The second kappa shape index (κ2) is 21.9. The van der Waals surface area contributed by atoms with E-state index in [1.165, 1.54) is 0 Å². The zero-order valence-corrected chi connectivity index (χ0v) is 47.7. The van der Waals surface area contributed by atoms with Gasteiger partial charge >= 0.3 is 0 Å². The van der Waals surface area contributed by atoms with Crippen LogP contribution in [0, 0.1) is 11.3 Å². The number of rotatable bonds is 11. The molecule has 0 fully saturated rings. The monoisotopic (exact) mass is 1120 g/mol. The molecule has 3 heterocycles. The first-order chi connectivity index (χ1) is 43.6. The smallest absolute Gasteiger partial charge is 0.166 e. The van der Waals surface area contributed by atoms with Crippen molar-refractivity contribution in [3.63, 3.8) is 0 Å². The van der Waals surface area contributed by atoms with Crippen LogP contribution in [-0.2, 0) is 0 Å². The van der Waals surface area contributed by atoms with E-state index in [1.54, 1.807) is 0 Å². The molecule has 0 bridgehead atoms. The predicted molar refractivity (Wildman–Crippen MR) is 362 cm³/mol. The quantitative estimate of drug-likeness (QED) is 0.129. The summed E-state index contributed by atoms with van der Waals surface area (Å²) in [7, 11) is 0. The molecular weight excluding hydrogens is 1070 g/mol. The van der Waals surface area contributed by atoms with Crippen LogP contribution in [0.3, 0.4) is 0 Å². The van der Waals surface area contributed by atoms with Crippen LogP contribution >= 0.6 is 0 Å². The Morgan fingerprint density at radius 1 is 0.227 bits per heavy atom. The number of hydrogen-bond donors (Lipinski definition) is 0. The standard InChI is InChI=1S/C82H52N6/c83-53-54-20-19-33-61(46-54)66-38-40-74(87-75-41-34-62(55-21-7-1-8-22-55)48-69(75)70-49-63(35-42-76(70)87)56-23-9-2-10-24-56)68(47-66)67-39-45-79(73(52-67)82-85-80(59-29-15-5-16-30-59)84-81(86-82)60-31-17-6-18-32-60)88-77-43-36-64(57-25-11-3-12-26-57)50-71(77)72-51-65(37-44-78(72)88)58-27-13-4-14-28-58/h1-52H. The van der Waals surface area contributed by atoms with Gasteiger partial charge in [-0.25, -0.2) is 15.0 Å². The van der Waals surface area contributed by atoms with Crippen LogP contribution in [0.2, 0.25) is 0 Å². The van der Waals surface area contributed by atoms with E-state index in [-0.39, 0.29) is 0 Å². The highest BCUT2D eigenvalue weighted by Crippen LogP contribution is 2.45. The minimum absolute atomic E-state index is 0.527. The molecule has 0 amide bonds. The number of benzene rings is 13. The Morgan fingerprint density at radius 2 is 0.523 bits per heavy atom. The van der Waals surface area contributed by atoms with E-state index in [2.05, 4.69) is 276 Å². The molecule has 0 aliphatic rings. The number of hydrogen-bond acceptors (Lipinski definition) is 4. The van der Waals surface area contributed by atoms with Crippen molar-refractivity contribution >= 4 is 43.6 Å². The molecule has 410 valence electrons. The van der Waals surface area contributed by atoms with Gasteiger partial charge in [0.2, 0.25) is 0 Å². The molecule has 0 spiro atoms. The summed E-state index contributed by atoms with van der Waals surface area (Å²) in [6.07, 6.45) is 0. The van der Waals surface area contributed by atoms with Crippen molar-refractivity contribution in [1.29, 1.82) is 5.26 Å². The van der Waals surface area contributed by atoms with Crippen LogP contribution in [0.5, 0.6) is 0 Å². The summed E-state index contributed by atoms with van der Waals surface area (Å²) < 4.78 is 4.83. The van der Waals surface area contributed by atoms with Crippen LogP contribution < -0.4 is 0 Å². The van der Waals surface area contributed by atoms with Crippen LogP contribution in [0.1, 0.15) is 5.56 Å². The van der Waals surface area contributed by atoms with Crippen LogP contribution in [0.25, 0.3) is 156 Å². The second-order valence-corrected chi connectivity index (χ2v) is 22.3. The minimum Gasteiger partial charge on any atom is -0.309 e. The Hall–Kier alpha value is -12.0. The van der Waals surface area contributed by atoms with E-state index in [1.807, 2.05) is 54.6 Å². The summed E-state index contributed by atoms with van der Waals surface area (Å²) in [4.78, 5) is 16.2. The average molecular weight is 1120 g/mol. The van der Waals surface area contributed by atoms with Crippen molar-refractivity contribution in [2.45, 2.75) is 0 Å². The minimum atomic E-state index is 0.527. The molecule has 0 N–H and O–H groups in total. The maximum atomic E-state index is 10.2. The fourth-order valence-electron chi connectivity index (χ4n) is 12.7. The second-order valence-electron chi connectivity index (χ2n) is 22.3. The summed E-state index contributed by atoms with van der Waals surface area (Å²) in [5.41, 5.74) is 22.3. The Morgan fingerprint density at radius 3 is 0.909 bits per heavy atom. The molecule has 6 nitrogen and oxygen atoms in total. The largest absolute Gasteiger partial charge is 0.309 e. The lowest BCUT2D eigenvalue weighted by Crippen LogP contribution is -2.04. The maximum Gasteiger partial charge on any atom is 0.166 e. The van der Waals surface area contributed by atoms with Crippen molar-refractivity contribution in [1.82, 2.24) is 24.1 Å². The van der Waals surface area contributed by atoms with E-state index in [4.69, 9.17) is 15.0 Å². The van der Waals surface area contributed by atoms with Crippen molar-refractivity contribution in [2.24, 2.45) is 0 Å². The fourth-order valence-corrected chi connectivity index (χ4v) is 12.7. The highest BCUT2D eigenvalue weighted by Gasteiger charge is 2.24. The molecule has 6 heteroatoms. The molecule has 88 heavy (non-hydrogen) atoms. The van der Waals surface area contributed by atoms with E-state index >= 15 is 0 Å². The van der Waals surface area contributed by atoms with Gasteiger partial charge in [0, 0.05) is 43.8 Å². The molecule has 3 aromatic heterocycles. The lowest BCUT2D eigenvalue weighted by atomic mass is 9.94. The van der Waals surface area contributed by atoms with Crippen molar-refractivity contribution in [3.05, 3.63) is 321 Å². The lowest BCUT2D eigenvalue weighted by molar-refractivity contribution is 1.06. The van der Waals surface area contributed by atoms with Crippen molar-refractivity contribution in [3.8, 4) is 118 Å². The van der Waals surface area contributed by atoms with E-state index in [0.29, 0.717) is 23.0 Å². The van der Waals surface area contributed by atoms with Crippen LogP contribution in [0.15, 0.2) is 315 Å². The zero-order chi connectivity index (χ0) is 58.5. The molecule has 0 radical (unpaired) electrons. The summed E-state index contributed by atoms with van der Waals surface area (Å²) >= 11 is 0. The van der Waals surface area contributed by atoms with Gasteiger partial charge in [-0.2, -0.15) is 5.26 Å². The van der Waals surface area contributed by atoms with Gasteiger partial charge in [0.05, 0.1) is 45.1 Å². The highest BCUT2D eigenvalue weighted by atomic mass is 15.1. The van der Waals surface area contributed by atoms with Crippen molar-refractivity contribution < 1.29 is 0 Å². The SMILES string of the molecule is N#Cc1cccc(-c2ccc(-n3c4ccc(-c5ccccc5)cc4c4cc(-c5ccccc5)ccc43)c(-c3ccc(-n4c5ccc(-c6ccccc6)cc5c5cc(-c6ccccc6)ccc54)c(-c4nc(-c5ccccc5)nc(-c5ccccc5)n4)c3)c2)c1. The van der Waals surface area contributed by atoms with Gasteiger partial charge in [-0.05, 0) is 146 Å². The van der Waals surface area contributed by atoms with E-state index < -0.39 is 0 Å². The molecular formula is C82H52N6. The first kappa shape index (κ1) is 51.6. The van der Waals surface area contributed by atoms with Crippen LogP contribution in [-0.4, -0.2) is 24.1 Å².